The molecule has 0 heterocycles. The number of nitrogens with one attached hydrogen (secondary N) is 1. The quantitative estimate of drug-likeness (QED) is 0.772. The molecule has 0 unspecified atom stereocenters. The molecule has 0 bridgehead atoms. The van der Waals surface area contributed by atoms with Crippen LogP contribution in [0.25, 0.3) is 0 Å². The molecule has 0 aliphatic carbocycles. The predicted octanol–water partition coefficient (Wildman–Crippen LogP) is 4.53. The molecular formula is C22H30N2O3S. The Morgan fingerprint density at radius 2 is 1.64 bits per heavy atom. The summed E-state index contributed by atoms with van der Waals surface area (Å²) in [6.07, 6.45) is 1.13. The third-order valence-corrected chi connectivity index (χ3v) is 6.09. The molecule has 0 saturated carbocycles. The molecule has 5 nitrogen and oxygen atoms in total. The van der Waals surface area contributed by atoms with Crippen molar-refractivity contribution < 1.29 is 13.2 Å². The highest BCUT2D eigenvalue weighted by atomic mass is 32.2. The lowest BCUT2D eigenvalue weighted by atomic mass is 9.98. The molecule has 1 N–H and O–H groups in total. The first-order valence-corrected chi connectivity index (χ1v) is 11.2. The van der Waals surface area contributed by atoms with Gasteiger partial charge in [0.2, 0.25) is 15.9 Å². The summed E-state index contributed by atoms with van der Waals surface area (Å²) in [5.41, 5.74) is 4.99. The molecule has 28 heavy (non-hydrogen) atoms. The van der Waals surface area contributed by atoms with E-state index in [9.17, 15) is 13.2 Å². The van der Waals surface area contributed by atoms with Gasteiger partial charge in [0.15, 0.2) is 0 Å². The normalized spacial score (nSPS) is 12.7. The Kier molecular flexibility index (Phi) is 6.55. The van der Waals surface area contributed by atoms with E-state index >= 15 is 0 Å². The molecule has 0 spiro atoms. The Morgan fingerprint density at radius 1 is 1.00 bits per heavy atom. The average molecular weight is 403 g/mol. The highest BCUT2D eigenvalue weighted by Gasteiger charge is 2.30. The number of aryl methyl sites for hydroxylation is 3. The van der Waals surface area contributed by atoms with Gasteiger partial charge < -0.3 is 5.32 Å². The van der Waals surface area contributed by atoms with Crippen LogP contribution in [0.5, 0.6) is 0 Å². The van der Waals surface area contributed by atoms with Crippen molar-refractivity contribution >= 4 is 27.3 Å². The summed E-state index contributed by atoms with van der Waals surface area (Å²) in [6, 6.07) is 10.6. The van der Waals surface area contributed by atoms with E-state index in [-0.39, 0.29) is 11.8 Å². The summed E-state index contributed by atoms with van der Waals surface area (Å²) in [7, 11) is -3.66. The van der Waals surface area contributed by atoms with E-state index in [1.54, 1.807) is 13.0 Å². The number of rotatable bonds is 6. The molecule has 0 aliphatic rings. The van der Waals surface area contributed by atoms with Crippen LogP contribution >= 0.6 is 0 Å². The predicted molar refractivity (Wildman–Crippen MR) is 117 cm³/mol. The molecule has 2 aromatic carbocycles. The van der Waals surface area contributed by atoms with Crippen molar-refractivity contribution in [3.05, 3.63) is 58.7 Å². The number of carbonyl (C=O) groups is 1. The van der Waals surface area contributed by atoms with Crippen molar-refractivity contribution in [1.82, 2.24) is 0 Å². The molecule has 0 fully saturated rings. The van der Waals surface area contributed by atoms with Crippen LogP contribution in [-0.2, 0) is 14.8 Å². The van der Waals surface area contributed by atoms with Gasteiger partial charge in [0.25, 0.3) is 0 Å². The van der Waals surface area contributed by atoms with Crippen LogP contribution < -0.4 is 9.62 Å². The van der Waals surface area contributed by atoms with Gasteiger partial charge in [-0.3, -0.25) is 9.10 Å². The van der Waals surface area contributed by atoms with E-state index in [0.717, 1.165) is 34.2 Å². The fraction of sp³-hybridized carbons (Fsp3) is 0.409. The monoisotopic (exact) mass is 402 g/mol. The molecule has 0 saturated heterocycles. The summed E-state index contributed by atoms with van der Waals surface area (Å²) < 4.78 is 26.4. The Morgan fingerprint density at radius 3 is 2.21 bits per heavy atom. The maximum Gasteiger partial charge on any atom is 0.248 e. The number of hydrogen-bond acceptors (Lipinski definition) is 3. The standard InChI is InChI=1S/C22H30N2O3S/c1-14(2)19-10-8-9-17(5)21(19)23-22(25)18(6)24(28(7,26)27)20-13-15(3)11-12-16(20)4/h8-14,18H,1-7H3,(H,23,25)/t18-/m1/s1. The highest BCUT2D eigenvalue weighted by Crippen LogP contribution is 2.30. The third kappa shape index (κ3) is 4.73. The maximum atomic E-state index is 13.1. The summed E-state index contributed by atoms with van der Waals surface area (Å²) in [6.45, 7) is 11.4. The van der Waals surface area contributed by atoms with Gasteiger partial charge in [0.1, 0.15) is 6.04 Å². The summed E-state index contributed by atoms with van der Waals surface area (Å²) in [4.78, 5) is 13.1. The van der Waals surface area contributed by atoms with Crippen LogP contribution in [0.4, 0.5) is 11.4 Å². The summed E-state index contributed by atoms with van der Waals surface area (Å²) in [5, 5.41) is 2.97. The first-order valence-electron chi connectivity index (χ1n) is 9.40. The number of carbonyl (C=O) groups excluding carboxylic acids is 1. The Hall–Kier alpha value is -2.34. The molecule has 0 aliphatic heterocycles. The first-order chi connectivity index (χ1) is 12.9. The minimum atomic E-state index is -3.66. The number of sulfonamides is 1. The number of nitrogens with zero attached hydrogens (tertiary/aromatic N) is 1. The average Bonchev–Trinajstić information content (AvgIpc) is 2.58. The lowest BCUT2D eigenvalue weighted by molar-refractivity contribution is -0.116. The largest absolute Gasteiger partial charge is 0.324 e. The Balaban J connectivity index is 2.46. The minimum absolute atomic E-state index is 0.232. The smallest absolute Gasteiger partial charge is 0.248 e. The summed E-state index contributed by atoms with van der Waals surface area (Å²) >= 11 is 0. The van der Waals surface area contributed by atoms with Gasteiger partial charge >= 0.3 is 0 Å². The molecule has 6 heteroatoms. The highest BCUT2D eigenvalue weighted by molar-refractivity contribution is 7.92. The van der Waals surface area contributed by atoms with E-state index < -0.39 is 16.1 Å². The van der Waals surface area contributed by atoms with Crippen molar-refractivity contribution in [1.29, 1.82) is 0 Å². The molecule has 0 radical (unpaired) electrons. The van der Waals surface area contributed by atoms with Crippen LogP contribution in [0, 0.1) is 20.8 Å². The van der Waals surface area contributed by atoms with Crippen molar-refractivity contribution in [3.63, 3.8) is 0 Å². The minimum Gasteiger partial charge on any atom is -0.324 e. The van der Waals surface area contributed by atoms with Gasteiger partial charge in [-0.2, -0.15) is 0 Å². The van der Waals surface area contributed by atoms with Crippen LogP contribution in [-0.4, -0.2) is 26.6 Å². The lowest BCUT2D eigenvalue weighted by Crippen LogP contribution is -2.45. The van der Waals surface area contributed by atoms with E-state index in [1.807, 2.05) is 51.1 Å². The number of para-hydroxylation sites is 1. The molecule has 2 aromatic rings. The van der Waals surface area contributed by atoms with Gasteiger partial charge in [-0.05, 0) is 61.9 Å². The number of amides is 1. The van der Waals surface area contributed by atoms with Gasteiger partial charge in [0.05, 0.1) is 11.9 Å². The zero-order valence-electron chi connectivity index (χ0n) is 17.7. The van der Waals surface area contributed by atoms with Crippen molar-refractivity contribution in [3.8, 4) is 0 Å². The fourth-order valence-electron chi connectivity index (χ4n) is 3.31. The zero-order chi connectivity index (χ0) is 21.2. The molecule has 2 rings (SSSR count). The lowest BCUT2D eigenvalue weighted by Gasteiger charge is -2.30. The summed E-state index contributed by atoms with van der Waals surface area (Å²) in [5.74, 6) is -0.127. The first kappa shape index (κ1) is 22.0. The second-order valence-electron chi connectivity index (χ2n) is 7.71. The molecular weight excluding hydrogens is 372 g/mol. The van der Waals surface area contributed by atoms with E-state index in [1.165, 1.54) is 4.31 Å². The Labute approximate surface area is 168 Å². The topological polar surface area (TPSA) is 66.5 Å². The SMILES string of the molecule is Cc1ccc(C)c(N([C@H](C)C(=O)Nc2c(C)cccc2C(C)C)S(C)(=O)=O)c1. The molecule has 1 atom stereocenters. The van der Waals surface area contributed by atoms with Crippen LogP contribution in [0.1, 0.15) is 48.9 Å². The molecule has 0 aromatic heterocycles. The Bertz CT molecular complexity index is 981. The van der Waals surface area contributed by atoms with Crippen molar-refractivity contribution in [2.24, 2.45) is 0 Å². The second-order valence-corrected chi connectivity index (χ2v) is 9.57. The van der Waals surface area contributed by atoms with Crippen LogP contribution in [0.15, 0.2) is 36.4 Å². The maximum absolute atomic E-state index is 13.1. The fourth-order valence-corrected chi connectivity index (χ4v) is 4.53. The van der Waals surface area contributed by atoms with Crippen molar-refractivity contribution in [2.45, 2.75) is 53.5 Å². The second kappa shape index (κ2) is 8.35. The van der Waals surface area contributed by atoms with E-state index in [2.05, 4.69) is 19.2 Å². The van der Waals surface area contributed by atoms with Crippen LogP contribution in [0.3, 0.4) is 0 Å². The molecule has 1 amide bonds. The van der Waals surface area contributed by atoms with Crippen LogP contribution in [0.2, 0.25) is 0 Å². The van der Waals surface area contributed by atoms with Gasteiger partial charge in [-0.1, -0.05) is 44.2 Å². The zero-order valence-corrected chi connectivity index (χ0v) is 18.5. The van der Waals surface area contributed by atoms with E-state index in [0.29, 0.717) is 5.69 Å². The number of anilines is 2. The van der Waals surface area contributed by atoms with Gasteiger partial charge in [-0.25, -0.2) is 8.42 Å². The van der Waals surface area contributed by atoms with Crippen molar-refractivity contribution in [2.75, 3.05) is 15.9 Å². The van der Waals surface area contributed by atoms with E-state index in [4.69, 9.17) is 0 Å². The molecule has 152 valence electrons. The van der Waals surface area contributed by atoms with Gasteiger partial charge in [-0.15, -0.1) is 0 Å². The van der Waals surface area contributed by atoms with Gasteiger partial charge in [0, 0.05) is 5.69 Å². The third-order valence-electron chi connectivity index (χ3n) is 4.87. The number of hydrogen-bond donors (Lipinski definition) is 1. The number of benzene rings is 2.